The van der Waals surface area contributed by atoms with E-state index in [-0.39, 0.29) is 17.9 Å². The van der Waals surface area contributed by atoms with E-state index >= 15 is 0 Å². The lowest BCUT2D eigenvalue weighted by atomic mass is 9.98. The monoisotopic (exact) mass is 522 g/mol. The third kappa shape index (κ3) is 6.09. The second kappa shape index (κ2) is 11.8. The fraction of sp³-hybridized carbons (Fsp3) is 0.480. The zero-order valence-electron chi connectivity index (χ0n) is 19.7. The fourth-order valence-corrected chi connectivity index (χ4v) is 4.00. The van der Waals surface area contributed by atoms with Gasteiger partial charge in [-0.25, -0.2) is 4.79 Å². The number of aliphatic hydroxyl groups is 6. The van der Waals surface area contributed by atoms with Gasteiger partial charge in [0.2, 0.25) is 6.29 Å². The normalized spacial score (nSPS) is 33.7. The Morgan fingerprint density at radius 2 is 1.68 bits per heavy atom. The first-order chi connectivity index (χ1) is 17.8. The van der Waals surface area contributed by atoms with Crippen LogP contribution in [0.25, 0.3) is 0 Å². The van der Waals surface area contributed by atoms with Crippen LogP contribution >= 0.6 is 0 Å². The van der Waals surface area contributed by atoms with E-state index in [0.717, 1.165) is 0 Å². The second-order valence-corrected chi connectivity index (χ2v) is 8.90. The third-order valence-electron chi connectivity index (χ3n) is 6.24. The van der Waals surface area contributed by atoms with E-state index in [1.807, 2.05) is 0 Å². The van der Waals surface area contributed by atoms with Gasteiger partial charge in [-0.1, -0.05) is 30.3 Å². The highest BCUT2D eigenvalue weighted by Crippen LogP contribution is 2.32. The maximum Gasteiger partial charge on any atom is 0.338 e. The molecule has 2 fully saturated rings. The van der Waals surface area contributed by atoms with Gasteiger partial charge in [0.15, 0.2) is 18.0 Å². The van der Waals surface area contributed by atoms with Crippen molar-refractivity contribution in [1.82, 2.24) is 0 Å². The minimum Gasteiger partial charge on any atom is -0.462 e. The molecule has 2 heterocycles. The van der Waals surface area contributed by atoms with Crippen molar-refractivity contribution >= 4 is 5.97 Å². The summed E-state index contributed by atoms with van der Waals surface area (Å²) in [5.41, 5.74) is -1.13. The minimum atomic E-state index is -2.02. The molecule has 12 heteroatoms. The van der Waals surface area contributed by atoms with Crippen molar-refractivity contribution in [3.05, 3.63) is 65.7 Å². The van der Waals surface area contributed by atoms with Crippen molar-refractivity contribution in [3.63, 3.8) is 0 Å². The number of ether oxygens (including phenoxy) is 5. The van der Waals surface area contributed by atoms with Crippen molar-refractivity contribution in [3.8, 4) is 5.75 Å². The molecule has 12 nitrogen and oxygen atoms in total. The molecule has 0 bridgehead atoms. The summed E-state index contributed by atoms with van der Waals surface area (Å²) in [6.45, 7) is -1.86. The van der Waals surface area contributed by atoms with Crippen LogP contribution in [0.1, 0.15) is 15.9 Å². The van der Waals surface area contributed by atoms with Crippen LogP contribution in [-0.4, -0.2) is 105 Å². The van der Waals surface area contributed by atoms with Crippen LogP contribution in [0.5, 0.6) is 5.75 Å². The molecule has 8 atom stereocenters. The molecule has 2 saturated heterocycles. The zero-order chi connectivity index (χ0) is 26.6. The molecular weight excluding hydrogens is 492 g/mol. The van der Waals surface area contributed by atoms with Gasteiger partial charge in [-0.3, -0.25) is 0 Å². The van der Waals surface area contributed by atoms with Gasteiger partial charge in [0, 0.05) is 0 Å². The summed E-state index contributed by atoms with van der Waals surface area (Å²) in [6.07, 6.45) is -10.4. The van der Waals surface area contributed by atoms with Crippen LogP contribution in [0.3, 0.4) is 0 Å². The van der Waals surface area contributed by atoms with Crippen molar-refractivity contribution in [2.75, 3.05) is 19.8 Å². The number of hydrogen-bond donors (Lipinski definition) is 6. The van der Waals surface area contributed by atoms with Crippen LogP contribution in [0.15, 0.2) is 54.6 Å². The molecule has 2 aromatic carbocycles. The average Bonchev–Trinajstić information content (AvgIpc) is 3.21. The highest BCUT2D eigenvalue weighted by atomic mass is 16.8. The third-order valence-corrected chi connectivity index (χ3v) is 6.24. The first-order valence-electron chi connectivity index (χ1n) is 11.6. The van der Waals surface area contributed by atoms with Gasteiger partial charge >= 0.3 is 5.97 Å². The lowest BCUT2D eigenvalue weighted by Gasteiger charge is -2.42. The largest absolute Gasteiger partial charge is 0.462 e. The van der Waals surface area contributed by atoms with Gasteiger partial charge < -0.3 is 54.3 Å². The van der Waals surface area contributed by atoms with E-state index < -0.39 is 74.5 Å². The van der Waals surface area contributed by atoms with E-state index in [4.69, 9.17) is 23.7 Å². The summed E-state index contributed by atoms with van der Waals surface area (Å²) < 4.78 is 27.6. The summed E-state index contributed by atoms with van der Waals surface area (Å²) in [4.78, 5) is 12.2. The first kappa shape index (κ1) is 27.4. The van der Waals surface area contributed by atoms with Gasteiger partial charge in [0.1, 0.15) is 36.8 Å². The summed E-state index contributed by atoms with van der Waals surface area (Å²) in [7, 11) is 0. The van der Waals surface area contributed by atoms with Crippen LogP contribution < -0.4 is 4.74 Å². The molecule has 0 unspecified atom stereocenters. The summed E-state index contributed by atoms with van der Waals surface area (Å²) in [5.74, 6) is -0.436. The van der Waals surface area contributed by atoms with E-state index in [2.05, 4.69) is 0 Å². The maximum absolute atomic E-state index is 12.2. The van der Waals surface area contributed by atoms with Crippen molar-refractivity contribution < 1.29 is 59.1 Å². The second-order valence-electron chi connectivity index (χ2n) is 8.90. The van der Waals surface area contributed by atoms with Gasteiger partial charge in [-0.2, -0.15) is 0 Å². The van der Waals surface area contributed by atoms with E-state index in [9.17, 15) is 35.4 Å². The molecule has 0 aromatic heterocycles. The highest BCUT2D eigenvalue weighted by molar-refractivity contribution is 5.89. The number of hydrogen-bond acceptors (Lipinski definition) is 12. The molecular formula is C25H30O12. The first-order valence-corrected chi connectivity index (χ1v) is 11.6. The molecule has 2 aliphatic heterocycles. The lowest BCUT2D eigenvalue weighted by Crippen LogP contribution is -2.62. The number of aliphatic hydroxyl groups excluding tert-OH is 5. The molecule has 4 rings (SSSR count). The number of esters is 1. The van der Waals surface area contributed by atoms with E-state index in [0.29, 0.717) is 5.56 Å². The Labute approximate surface area is 212 Å². The van der Waals surface area contributed by atoms with Crippen LogP contribution in [-0.2, 0) is 25.6 Å². The van der Waals surface area contributed by atoms with Gasteiger partial charge in [-0.05, 0) is 29.8 Å². The average molecular weight is 523 g/mol. The van der Waals surface area contributed by atoms with Crippen molar-refractivity contribution in [2.24, 2.45) is 0 Å². The smallest absolute Gasteiger partial charge is 0.338 e. The molecule has 2 aromatic rings. The highest BCUT2D eigenvalue weighted by Gasteiger charge is 2.54. The Balaban J connectivity index is 1.44. The van der Waals surface area contributed by atoms with E-state index in [1.54, 1.807) is 30.3 Å². The molecule has 0 spiro atoms. The molecule has 202 valence electrons. The molecule has 0 amide bonds. The van der Waals surface area contributed by atoms with Crippen LogP contribution in [0.2, 0.25) is 0 Å². The predicted octanol–water partition coefficient (Wildman–Crippen LogP) is -1.31. The SMILES string of the molecule is O=C(OC[C@@]1(O)CO[C@@H](O[C@H]2[C@H](Oc3ccc(CO)cc3)O[C@H](CO)[C@@H](O)[C@@H]2O)[C@@H]1O)c1ccccc1. The van der Waals surface area contributed by atoms with Gasteiger partial charge in [0.25, 0.3) is 0 Å². The Hall–Kier alpha value is -2.65. The molecule has 0 aliphatic carbocycles. The number of rotatable bonds is 9. The van der Waals surface area contributed by atoms with Gasteiger partial charge in [0.05, 0.1) is 25.4 Å². The Bertz CT molecular complexity index is 1020. The molecule has 2 aliphatic rings. The fourth-order valence-electron chi connectivity index (χ4n) is 4.00. The standard InChI is InChI=1S/C25H30O12/c26-10-14-6-8-16(9-7-14)35-23-20(19(29)18(28)17(11-27)36-23)37-24-21(30)25(32,13-34-24)12-33-22(31)15-4-2-1-3-5-15/h1-9,17-21,23-24,26-30,32H,10-13H2/t17-,18-,19+,20-,21+,23-,24+,25-/m1/s1. The molecule has 37 heavy (non-hydrogen) atoms. The topological polar surface area (TPSA) is 185 Å². The van der Waals surface area contributed by atoms with Crippen molar-refractivity contribution in [1.29, 1.82) is 0 Å². The van der Waals surface area contributed by atoms with E-state index in [1.165, 1.54) is 24.3 Å². The lowest BCUT2D eigenvalue weighted by molar-refractivity contribution is -0.318. The Kier molecular flexibility index (Phi) is 8.75. The number of carbonyl (C=O) groups excluding carboxylic acids is 1. The van der Waals surface area contributed by atoms with Crippen LogP contribution in [0, 0.1) is 0 Å². The zero-order valence-corrected chi connectivity index (χ0v) is 19.7. The maximum atomic E-state index is 12.2. The quantitative estimate of drug-likeness (QED) is 0.214. The predicted molar refractivity (Wildman–Crippen MR) is 123 cm³/mol. The summed E-state index contributed by atoms with van der Waals surface area (Å²) >= 11 is 0. The summed E-state index contributed by atoms with van der Waals surface area (Å²) in [5, 5.41) is 61.4. The summed E-state index contributed by atoms with van der Waals surface area (Å²) in [6, 6.07) is 14.4. The van der Waals surface area contributed by atoms with Crippen LogP contribution in [0.4, 0.5) is 0 Å². The Morgan fingerprint density at radius 3 is 2.32 bits per heavy atom. The van der Waals surface area contributed by atoms with Gasteiger partial charge in [-0.15, -0.1) is 0 Å². The molecule has 0 radical (unpaired) electrons. The molecule has 6 N–H and O–H groups in total. The number of carbonyl (C=O) groups is 1. The van der Waals surface area contributed by atoms with Crippen molar-refractivity contribution in [2.45, 2.75) is 55.3 Å². The minimum absolute atomic E-state index is 0.177. The molecule has 0 saturated carbocycles. The Morgan fingerprint density at radius 1 is 0.973 bits per heavy atom. The number of benzene rings is 2.